The van der Waals surface area contributed by atoms with Crippen LogP contribution in [0.1, 0.15) is 17.2 Å². The van der Waals surface area contributed by atoms with Gasteiger partial charge < -0.3 is 19.9 Å². The Labute approximate surface area is 150 Å². The van der Waals surface area contributed by atoms with Crippen LogP contribution in [0.3, 0.4) is 0 Å². The van der Waals surface area contributed by atoms with Crippen molar-refractivity contribution in [2.45, 2.75) is 6.10 Å². The van der Waals surface area contributed by atoms with Crippen LogP contribution < -0.4 is 14.8 Å². The third-order valence-corrected chi connectivity index (χ3v) is 4.08. The van der Waals surface area contributed by atoms with Crippen LogP contribution in [0.25, 0.3) is 6.08 Å². The number of carbonyl (C=O) groups is 1. The molecular formula is C19H18ClNO4. The molecule has 25 heavy (non-hydrogen) atoms. The van der Waals surface area contributed by atoms with Crippen LogP contribution in [0.5, 0.6) is 11.5 Å². The Hall–Kier alpha value is -2.50. The molecule has 0 spiro atoms. The van der Waals surface area contributed by atoms with Gasteiger partial charge in [0, 0.05) is 17.6 Å². The first-order valence-electron chi connectivity index (χ1n) is 7.91. The van der Waals surface area contributed by atoms with Crippen LogP contribution in [0, 0.1) is 0 Å². The van der Waals surface area contributed by atoms with E-state index in [1.807, 2.05) is 18.2 Å². The van der Waals surface area contributed by atoms with Gasteiger partial charge in [0.1, 0.15) is 13.2 Å². The maximum Gasteiger partial charge on any atom is 0.244 e. The van der Waals surface area contributed by atoms with E-state index in [4.69, 9.17) is 21.1 Å². The lowest BCUT2D eigenvalue weighted by atomic mass is 10.1. The second-order valence-corrected chi connectivity index (χ2v) is 5.93. The fourth-order valence-electron chi connectivity index (χ4n) is 2.42. The number of hydrogen-bond donors (Lipinski definition) is 2. The van der Waals surface area contributed by atoms with Crippen LogP contribution in [0.4, 0.5) is 0 Å². The molecule has 6 heteroatoms. The fourth-order valence-corrected chi connectivity index (χ4v) is 2.62. The van der Waals surface area contributed by atoms with E-state index >= 15 is 0 Å². The zero-order chi connectivity index (χ0) is 17.6. The normalized spacial score (nSPS) is 14.3. The predicted octanol–water partition coefficient (Wildman–Crippen LogP) is 2.97. The molecule has 0 saturated carbocycles. The summed E-state index contributed by atoms with van der Waals surface area (Å²) in [6.45, 7) is 1.09. The number of aliphatic hydroxyl groups excluding tert-OH is 1. The smallest absolute Gasteiger partial charge is 0.244 e. The SMILES string of the molecule is O=C(/C=C/c1ccccc1Cl)NCC(O)c1ccc2c(c1)OCCO2. The van der Waals surface area contributed by atoms with Gasteiger partial charge >= 0.3 is 0 Å². The summed E-state index contributed by atoms with van der Waals surface area (Å²) in [6.07, 6.45) is 2.18. The highest BCUT2D eigenvalue weighted by molar-refractivity contribution is 6.32. The summed E-state index contributed by atoms with van der Waals surface area (Å²) in [5.41, 5.74) is 1.41. The molecule has 1 atom stereocenters. The van der Waals surface area contributed by atoms with Gasteiger partial charge in [-0.05, 0) is 35.4 Å². The van der Waals surface area contributed by atoms with Gasteiger partial charge in [0.2, 0.25) is 5.91 Å². The van der Waals surface area contributed by atoms with Gasteiger partial charge in [-0.1, -0.05) is 35.9 Å². The molecule has 1 aliphatic heterocycles. The first-order valence-corrected chi connectivity index (χ1v) is 8.29. The second kappa shape index (κ2) is 8.05. The largest absolute Gasteiger partial charge is 0.486 e. The number of ether oxygens (including phenoxy) is 2. The molecule has 2 aromatic rings. The van der Waals surface area contributed by atoms with Gasteiger partial charge in [-0.2, -0.15) is 0 Å². The molecular weight excluding hydrogens is 342 g/mol. The van der Waals surface area contributed by atoms with E-state index in [-0.39, 0.29) is 12.5 Å². The number of hydrogen-bond acceptors (Lipinski definition) is 4. The number of carbonyl (C=O) groups excluding carboxylic acids is 1. The highest BCUT2D eigenvalue weighted by Gasteiger charge is 2.15. The van der Waals surface area contributed by atoms with Crippen LogP contribution in [-0.4, -0.2) is 30.8 Å². The monoisotopic (exact) mass is 359 g/mol. The van der Waals surface area contributed by atoms with E-state index in [2.05, 4.69) is 5.32 Å². The molecule has 5 nitrogen and oxygen atoms in total. The number of halogens is 1. The van der Waals surface area contributed by atoms with Crippen molar-refractivity contribution in [1.29, 1.82) is 0 Å². The summed E-state index contributed by atoms with van der Waals surface area (Å²) in [5, 5.41) is 13.5. The Morgan fingerprint density at radius 1 is 1.20 bits per heavy atom. The number of fused-ring (bicyclic) bond motifs is 1. The molecule has 1 heterocycles. The fraction of sp³-hybridized carbons (Fsp3) is 0.211. The van der Waals surface area contributed by atoms with Gasteiger partial charge in [-0.3, -0.25) is 4.79 Å². The summed E-state index contributed by atoms with van der Waals surface area (Å²) in [7, 11) is 0. The van der Waals surface area contributed by atoms with Crippen molar-refractivity contribution in [2.75, 3.05) is 19.8 Å². The van der Waals surface area contributed by atoms with Crippen LogP contribution in [-0.2, 0) is 4.79 Å². The molecule has 0 bridgehead atoms. The zero-order valence-electron chi connectivity index (χ0n) is 13.4. The first kappa shape index (κ1) is 17.3. The minimum Gasteiger partial charge on any atom is -0.486 e. The molecule has 1 aliphatic rings. The van der Waals surface area contributed by atoms with Crippen molar-refractivity contribution >= 4 is 23.6 Å². The van der Waals surface area contributed by atoms with E-state index in [1.165, 1.54) is 6.08 Å². The Balaban J connectivity index is 1.56. The summed E-state index contributed by atoms with van der Waals surface area (Å²) in [4.78, 5) is 11.9. The van der Waals surface area contributed by atoms with Crippen molar-refractivity contribution in [3.05, 3.63) is 64.7 Å². The third kappa shape index (κ3) is 4.53. The number of nitrogens with one attached hydrogen (secondary N) is 1. The summed E-state index contributed by atoms with van der Waals surface area (Å²) in [6, 6.07) is 12.5. The first-order chi connectivity index (χ1) is 12.1. The minimum absolute atomic E-state index is 0.0886. The van der Waals surface area contributed by atoms with Crippen LogP contribution >= 0.6 is 11.6 Å². The maximum atomic E-state index is 11.9. The Morgan fingerprint density at radius 2 is 1.96 bits per heavy atom. The number of rotatable bonds is 5. The Bertz CT molecular complexity index is 791. The van der Waals surface area contributed by atoms with Gasteiger partial charge in [-0.15, -0.1) is 0 Å². The molecule has 2 aromatic carbocycles. The Morgan fingerprint density at radius 3 is 2.76 bits per heavy atom. The van der Waals surface area contributed by atoms with Crippen LogP contribution in [0.2, 0.25) is 5.02 Å². The van der Waals surface area contributed by atoms with Crippen molar-refractivity contribution in [3.8, 4) is 11.5 Å². The third-order valence-electron chi connectivity index (χ3n) is 3.74. The zero-order valence-corrected chi connectivity index (χ0v) is 14.2. The van der Waals surface area contributed by atoms with E-state index < -0.39 is 6.10 Å². The summed E-state index contributed by atoms with van der Waals surface area (Å²) >= 11 is 6.03. The average Bonchev–Trinajstić information content (AvgIpc) is 2.65. The molecule has 2 N–H and O–H groups in total. The second-order valence-electron chi connectivity index (χ2n) is 5.52. The molecule has 1 amide bonds. The molecule has 0 aromatic heterocycles. The summed E-state index contributed by atoms with van der Waals surface area (Å²) in [5.74, 6) is 0.957. The van der Waals surface area contributed by atoms with E-state index in [1.54, 1.807) is 30.3 Å². The molecule has 0 aliphatic carbocycles. The number of amides is 1. The van der Waals surface area contributed by atoms with Gasteiger partial charge in [-0.25, -0.2) is 0 Å². The lowest BCUT2D eigenvalue weighted by molar-refractivity contribution is -0.116. The molecule has 0 saturated heterocycles. The van der Waals surface area contributed by atoms with Crippen molar-refractivity contribution in [3.63, 3.8) is 0 Å². The van der Waals surface area contributed by atoms with Gasteiger partial charge in [0.25, 0.3) is 0 Å². The average molecular weight is 360 g/mol. The predicted molar refractivity (Wildman–Crippen MR) is 95.9 cm³/mol. The quantitative estimate of drug-likeness (QED) is 0.805. The summed E-state index contributed by atoms with van der Waals surface area (Å²) < 4.78 is 10.9. The van der Waals surface area contributed by atoms with E-state index in [0.29, 0.717) is 35.3 Å². The molecule has 3 rings (SSSR count). The van der Waals surface area contributed by atoms with E-state index in [9.17, 15) is 9.90 Å². The highest BCUT2D eigenvalue weighted by Crippen LogP contribution is 2.32. The van der Waals surface area contributed by atoms with Gasteiger partial charge in [0.15, 0.2) is 11.5 Å². The molecule has 0 fully saturated rings. The van der Waals surface area contributed by atoms with Gasteiger partial charge in [0.05, 0.1) is 6.10 Å². The molecule has 1 unspecified atom stereocenters. The lowest BCUT2D eigenvalue weighted by Gasteiger charge is -2.20. The van der Waals surface area contributed by atoms with Crippen molar-refractivity contribution in [1.82, 2.24) is 5.32 Å². The standard InChI is InChI=1S/C19H18ClNO4/c20-15-4-2-1-3-13(15)6-8-19(23)21-12-16(22)14-5-7-17-18(11-14)25-10-9-24-17/h1-8,11,16,22H,9-10,12H2,(H,21,23)/b8-6+. The van der Waals surface area contributed by atoms with Crippen LogP contribution in [0.15, 0.2) is 48.5 Å². The molecule has 130 valence electrons. The number of benzene rings is 2. The Kier molecular flexibility index (Phi) is 5.58. The molecule has 0 radical (unpaired) electrons. The minimum atomic E-state index is -0.839. The lowest BCUT2D eigenvalue weighted by Crippen LogP contribution is -2.26. The highest BCUT2D eigenvalue weighted by atomic mass is 35.5. The maximum absolute atomic E-state index is 11.9. The van der Waals surface area contributed by atoms with Crippen molar-refractivity contribution in [2.24, 2.45) is 0 Å². The topological polar surface area (TPSA) is 67.8 Å². The van der Waals surface area contributed by atoms with E-state index in [0.717, 1.165) is 5.56 Å². The van der Waals surface area contributed by atoms with Crippen molar-refractivity contribution < 1.29 is 19.4 Å². The number of aliphatic hydroxyl groups is 1.